The summed E-state index contributed by atoms with van der Waals surface area (Å²) >= 11 is 5.25. The van der Waals surface area contributed by atoms with Crippen LogP contribution in [-0.2, 0) is 16.1 Å². The lowest BCUT2D eigenvalue weighted by Gasteiger charge is -2.20. The maximum absolute atomic E-state index is 12.3. The topological polar surface area (TPSA) is 71.9 Å². The Bertz CT molecular complexity index is 585. The third-order valence-electron chi connectivity index (χ3n) is 4.68. The van der Waals surface area contributed by atoms with Gasteiger partial charge in [0.1, 0.15) is 6.10 Å². The molecule has 3 rings (SSSR count). The number of H-pyrrole nitrogens is 1. The Kier molecular flexibility index (Phi) is 5.48. The van der Waals surface area contributed by atoms with Crippen molar-refractivity contribution in [2.45, 2.75) is 83.1 Å². The fourth-order valence-corrected chi connectivity index (χ4v) is 3.51. The SMILES string of the molecule is C[C@@H](OC1CCCCCC1)C(=O)NCc1n[nH]c(=S)n1C1CC1. The van der Waals surface area contributed by atoms with E-state index in [9.17, 15) is 4.79 Å². The molecule has 128 valence electrons. The van der Waals surface area contributed by atoms with E-state index in [4.69, 9.17) is 17.0 Å². The number of ether oxygens (including phenoxy) is 1. The quantitative estimate of drug-likeness (QED) is 0.618. The lowest BCUT2D eigenvalue weighted by Crippen LogP contribution is -2.37. The molecule has 0 saturated heterocycles. The normalized spacial score (nSPS) is 20.9. The van der Waals surface area contributed by atoms with Crippen LogP contribution in [0.5, 0.6) is 0 Å². The van der Waals surface area contributed by atoms with Gasteiger partial charge in [0.15, 0.2) is 10.6 Å². The Morgan fingerprint density at radius 1 is 1.35 bits per heavy atom. The van der Waals surface area contributed by atoms with Crippen molar-refractivity contribution in [1.29, 1.82) is 0 Å². The molecule has 2 saturated carbocycles. The molecule has 2 aliphatic rings. The summed E-state index contributed by atoms with van der Waals surface area (Å²) in [6, 6.07) is 0.452. The summed E-state index contributed by atoms with van der Waals surface area (Å²) in [5.74, 6) is 0.720. The van der Waals surface area contributed by atoms with Crippen molar-refractivity contribution in [2.75, 3.05) is 0 Å². The summed E-state index contributed by atoms with van der Waals surface area (Å²) in [6.45, 7) is 2.22. The lowest BCUT2D eigenvalue weighted by atomic mass is 10.1. The first-order chi connectivity index (χ1) is 11.1. The van der Waals surface area contributed by atoms with Gasteiger partial charge in [-0.2, -0.15) is 5.10 Å². The number of carbonyl (C=O) groups excluding carboxylic acids is 1. The van der Waals surface area contributed by atoms with Crippen LogP contribution in [0.15, 0.2) is 0 Å². The number of amides is 1. The van der Waals surface area contributed by atoms with E-state index in [-0.39, 0.29) is 12.0 Å². The maximum atomic E-state index is 12.3. The van der Waals surface area contributed by atoms with Crippen LogP contribution in [0, 0.1) is 4.77 Å². The van der Waals surface area contributed by atoms with Gasteiger partial charge in [0.2, 0.25) is 5.91 Å². The summed E-state index contributed by atoms with van der Waals surface area (Å²) in [7, 11) is 0. The van der Waals surface area contributed by atoms with E-state index >= 15 is 0 Å². The van der Waals surface area contributed by atoms with Crippen LogP contribution in [0.3, 0.4) is 0 Å². The van der Waals surface area contributed by atoms with Crippen LogP contribution in [0.1, 0.15) is 70.2 Å². The van der Waals surface area contributed by atoms with Gasteiger partial charge in [-0.05, 0) is 44.8 Å². The first kappa shape index (κ1) is 16.6. The Balaban J connectivity index is 1.49. The molecule has 23 heavy (non-hydrogen) atoms. The molecular weight excluding hydrogens is 312 g/mol. The number of nitrogens with zero attached hydrogens (tertiary/aromatic N) is 2. The Morgan fingerprint density at radius 2 is 2.04 bits per heavy atom. The largest absolute Gasteiger partial charge is 0.365 e. The molecule has 7 heteroatoms. The third kappa shape index (κ3) is 4.41. The van der Waals surface area contributed by atoms with E-state index in [1.165, 1.54) is 25.7 Å². The predicted molar refractivity (Wildman–Crippen MR) is 89.6 cm³/mol. The molecule has 0 radical (unpaired) electrons. The number of carbonyl (C=O) groups is 1. The number of aromatic nitrogens is 3. The monoisotopic (exact) mass is 338 g/mol. The van der Waals surface area contributed by atoms with Gasteiger partial charge in [-0.15, -0.1) is 0 Å². The van der Waals surface area contributed by atoms with Crippen molar-refractivity contribution < 1.29 is 9.53 Å². The highest BCUT2D eigenvalue weighted by atomic mass is 32.1. The number of hydrogen-bond donors (Lipinski definition) is 2. The van der Waals surface area contributed by atoms with Crippen LogP contribution < -0.4 is 5.32 Å². The van der Waals surface area contributed by atoms with Gasteiger partial charge in [0.05, 0.1) is 12.6 Å². The van der Waals surface area contributed by atoms with Crippen LogP contribution in [-0.4, -0.2) is 32.9 Å². The second kappa shape index (κ2) is 7.57. The average molecular weight is 338 g/mol. The zero-order chi connectivity index (χ0) is 16.2. The Morgan fingerprint density at radius 3 is 2.70 bits per heavy atom. The van der Waals surface area contributed by atoms with E-state index in [1.807, 2.05) is 11.5 Å². The molecule has 0 spiro atoms. The van der Waals surface area contributed by atoms with Crippen molar-refractivity contribution in [3.05, 3.63) is 10.6 Å². The minimum absolute atomic E-state index is 0.0782. The van der Waals surface area contributed by atoms with Crippen molar-refractivity contribution in [3.63, 3.8) is 0 Å². The van der Waals surface area contributed by atoms with E-state index in [1.54, 1.807) is 0 Å². The molecule has 1 aromatic heterocycles. The third-order valence-corrected chi connectivity index (χ3v) is 4.97. The lowest BCUT2D eigenvalue weighted by molar-refractivity contribution is -0.136. The number of rotatable bonds is 6. The number of aromatic amines is 1. The highest BCUT2D eigenvalue weighted by Crippen LogP contribution is 2.35. The summed E-state index contributed by atoms with van der Waals surface area (Å²) in [6.07, 6.45) is 9.18. The average Bonchev–Trinajstić information content (AvgIpc) is 3.33. The minimum atomic E-state index is -0.422. The molecule has 1 heterocycles. The molecule has 0 aromatic carbocycles. The van der Waals surface area contributed by atoms with Crippen LogP contribution >= 0.6 is 12.2 Å². The molecule has 2 fully saturated rings. The van der Waals surface area contributed by atoms with Gasteiger partial charge in [-0.3, -0.25) is 14.5 Å². The maximum Gasteiger partial charge on any atom is 0.249 e. The number of hydrogen-bond acceptors (Lipinski definition) is 4. The molecule has 0 bridgehead atoms. The zero-order valence-corrected chi connectivity index (χ0v) is 14.5. The summed E-state index contributed by atoms with van der Waals surface area (Å²) in [5, 5.41) is 9.97. The van der Waals surface area contributed by atoms with E-state index in [2.05, 4.69) is 15.5 Å². The second-order valence-corrected chi connectivity index (χ2v) is 7.04. The van der Waals surface area contributed by atoms with Crippen LogP contribution in [0.2, 0.25) is 0 Å². The van der Waals surface area contributed by atoms with Gasteiger partial charge in [-0.25, -0.2) is 0 Å². The van der Waals surface area contributed by atoms with Crippen molar-refractivity contribution in [2.24, 2.45) is 0 Å². The van der Waals surface area contributed by atoms with Crippen molar-refractivity contribution in [1.82, 2.24) is 20.1 Å². The van der Waals surface area contributed by atoms with Gasteiger partial charge < -0.3 is 10.1 Å². The first-order valence-corrected chi connectivity index (χ1v) is 9.15. The van der Waals surface area contributed by atoms with E-state index < -0.39 is 6.10 Å². The highest BCUT2D eigenvalue weighted by Gasteiger charge is 2.27. The van der Waals surface area contributed by atoms with E-state index in [0.717, 1.165) is 31.5 Å². The van der Waals surface area contributed by atoms with Gasteiger partial charge >= 0.3 is 0 Å². The van der Waals surface area contributed by atoms with Crippen molar-refractivity contribution >= 4 is 18.1 Å². The summed E-state index contributed by atoms with van der Waals surface area (Å²) in [4.78, 5) is 12.3. The van der Waals surface area contributed by atoms with Gasteiger partial charge in [-0.1, -0.05) is 25.7 Å². The second-order valence-electron chi connectivity index (χ2n) is 6.66. The van der Waals surface area contributed by atoms with E-state index in [0.29, 0.717) is 17.4 Å². The van der Waals surface area contributed by atoms with Crippen LogP contribution in [0.4, 0.5) is 0 Å². The standard InChI is InChI=1S/C16H26N4O2S/c1-11(22-13-6-4-2-3-5-7-13)15(21)17-10-14-18-19-16(23)20(14)12-8-9-12/h11-13H,2-10H2,1H3,(H,17,21)(H,19,23)/t11-/m1/s1. The predicted octanol–water partition coefficient (Wildman–Crippen LogP) is 3.02. The Hall–Kier alpha value is -1.21. The molecule has 1 amide bonds. The van der Waals surface area contributed by atoms with Gasteiger partial charge in [0.25, 0.3) is 0 Å². The molecule has 2 N–H and O–H groups in total. The fraction of sp³-hybridized carbons (Fsp3) is 0.812. The van der Waals surface area contributed by atoms with Crippen molar-refractivity contribution in [3.8, 4) is 0 Å². The first-order valence-electron chi connectivity index (χ1n) is 8.74. The smallest absolute Gasteiger partial charge is 0.249 e. The molecule has 0 unspecified atom stereocenters. The Labute approximate surface area is 142 Å². The molecule has 1 aromatic rings. The van der Waals surface area contributed by atoms with Gasteiger partial charge in [0, 0.05) is 6.04 Å². The molecule has 2 aliphatic carbocycles. The molecule has 0 aliphatic heterocycles. The molecule has 1 atom stereocenters. The summed E-state index contributed by atoms with van der Waals surface area (Å²) < 4.78 is 8.61. The number of nitrogens with one attached hydrogen (secondary N) is 2. The fourth-order valence-electron chi connectivity index (χ4n) is 3.21. The minimum Gasteiger partial charge on any atom is -0.365 e. The summed E-state index contributed by atoms with van der Waals surface area (Å²) in [5.41, 5.74) is 0. The zero-order valence-electron chi connectivity index (χ0n) is 13.7. The van der Waals surface area contributed by atoms with Crippen LogP contribution in [0.25, 0.3) is 0 Å². The molecule has 6 nitrogen and oxygen atoms in total. The molecular formula is C16H26N4O2S. The highest BCUT2D eigenvalue weighted by molar-refractivity contribution is 7.71.